The molecule has 0 unspecified atom stereocenters. The number of carbonyl (C=O) groups is 1. The molecule has 8 heteroatoms. The molecule has 0 aliphatic carbocycles. The topological polar surface area (TPSA) is 92.8 Å². The lowest BCUT2D eigenvalue weighted by molar-refractivity contribution is -0.126. The number of rotatable bonds is 7. The van der Waals surface area contributed by atoms with Crippen LogP contribution < -0.4 is 5.32 Å². The summed E-state index contributed by atoms with van der Waals surface area (Å²) < 4.78 is 6.52. The van der Waals surface area contributed by atoms with Gasteiger partial charge in [-0.3, -0.25) is 4.79 Å². The monoisotopic (exact) mass is 317 g/mol. The minimum atomic E-state index is -0.149. The molecular formula is C14H15N5O2S. The van der Waals surface area contributed by atoms with E-state index in [0.717, 1.165) is 20.9 Å². The first-order valence-electron chi connectivity index (χ1n) is 6.85. The van der Waals surface area contributed by atoms with E-state index < -0.39 is 0 Å². The number of nitrogens with zero attached hydrogens (tertiary/aromatic N) is 3. The van der Waals surface area contributed by atoms with Gasteiger partial charge in [0.15, 0.2) is 0 Å². The zero-order valence-corrected chi connectivity index (χ0v) is 12.6. The second-order valence-corrected chi connectivity index (χ2v) is 5.74. The molecule has 3 aromatic rings. The maximum Gasteiger partial charge on any atom is 0.246 e. The fourth-order valence-electron chi connectivity index (χ4n) is 1.94. The molecule has 0 fully saturated rings. The molecule has 2 N–H and O–H groups in total. The Morgan fingerprint density at radius 2 is 2.27 bits per heavy atom. The Balaban J connectivity index is 1.38. The van der Waals surface area contributed by atoms with Gasteiger partial charge in [0.25, 0.3) is 0 Å². The van der Waals surface area contributed by atoms with Crippen LogP contribution in [0.3, 0.4) is 0 Å². The predicted octanol–water partition coefficient (Wildman–Crippen LogP) is 1.29. The lowest BCUT2D eigenvalue weighted by Crippen LogP contribution is -2.29. The molecule has 0 saturated carbocycles. The molecule has 0 spiro atoms. The van der Waals surface area contributed by atoms with Crippen LogP contribution in [0.1, 0.15) is 10.7 Å². The van der Waals surface area contributed by atoms with Gasteiger partial charge in [-0.05, 0) is 12.1 Å². The minimum absolute atomic E-state index is 0.0226. The van der Waals surface area contributed by atoms with E-state index in [2.05, 4.69) is 25.7 Å². The van der Waals surface area contributed by atoms with Crippen molar-refractivity contribution in [3.8, 4) is 0 Å². The van der Waals surface area contributed by atoms with Crippen molar-refractivity contribution in [3.05, 3.63) is 41.2 Å². The maximum atomic E-state index is 11.6. The molecule has 0 saturated heterocycles. The number of thiazole rings is 1. The van der Waals surface area contributed by atoms with E-state index in [0.29, 0.717) is 19.6 Å². The van der Waals surface area contributed by atoms with Gasteiger partial charge in [0, 0.05) is 13.0 Å². The van der Waals surface area contributed by atoms with Gasteiger partial charge in [-0.2, -0.15) is 15.4 Å². The van der Waals surface area contributed by atoms with Crippen molar-refractivity contribution < 1.29 is 9.53 Å². The van der Waals surface area contributed by atoms with Crippen molar-refractivity contribution >= 4 is 27.5 Å². The smallest absolute Gasteiger partial charge is 0.246 e. The molecule has 3 rings (SSSR count). The number of amides is 1. The second-order valence-electron chi connectivity index (χ2n) is 4.63. The van der Waals surface area contributed by atoms with Crippen LogP contribution in [-0.2, 0) is 22.6 Å². The first-order chi connectivity index (χ1) is 10.8. The van der Waals surface area contributed by atoms with E-state index in [1.165, 1.54) is 0 Å². The third-order valence-electron chi connectivity index (χ3n) is 2.97. The molecule has 0 aliphatic rings. The number of hydrogen-bond donors (Lipinski definition) is 2. The Kier molecular flexibility index (Phi) is 4.71. The summed E-state index contributed by atoms with van der Waals surface area (Å²) in [6.07, 6.45) is 2.27. The summed E-state index contributed by atoms with van der Waals surface area (Å²) in [4.78, 5) is 16.1. The van der Waals surface area contributed by atoms with E-state index in [-0.39, 0.29) is 12.5 Å². The molecule has 1 amide bonds. The highest BCUT2D eigenvalue weighted by Crippen LogP contribution is 2.21. The van der Waals surface area contributed by atoms with Crippen molar-refractivity contribution in [2.45, 2.75) is 13.0 Å². The van der Waals surface area contributed by atoms with Crippen LogP contribution in [0.4, 0.5) is 0 Å². The number of fused-ring (bicyclic) bond motifs is 1. The SMILES string of the molecule is O=C(COCc1nc2ccccc2s1)NCCc1cn[nH]n1. The van der Waals surface area contributed by atoms with Gasteiger partial charge >= 0.3 is 0 Å². The number of benzene rings is 1. The summed E-state index contributed by atoms with van der Waals surface area (Å²) in [5.74, 6) is -0.149. The second kappa shape index (κ2) is 7.10. The number of carbonyl (C=O) groups excluding carboxylic acids is 1. The molecule has 0 aliphatic heterocycles. The average Bonchev–Trinajstić information content (AvgIpc) is 3.15. The first-order valence-corrected chi connectivity index (χ1v) is 7.66. The Labute approximate surface area is 130 Å². The number of ether oxygens (including phenoxy) is 1. The normalized spacial score (nSPS) is 10.9. The number of aromatic amines is 1. The third-order valence-corrected chi connectivity index (χ3v) is 3.97. The zero-order chi connectivity index (χ0) is 15.2. The summed E-state index contributed by atoms with van der Waals surface area (Å²) in [6, 6.07) is 7.92. The standard InChI is InChI=1S/C14H15N5O2S/c20-13(15-6-5-10-7-16-19-18-10)8-21-9-14-17-11-3-1-2-4-12(11)22-14/h1-4,7H,5-6,8-9H2,(H,15,20)(H,16,18,19). The Morgan fingerprint density at radius 3 is 3.09 bits per heavy atom. The number of nitrogens with one attached hydrogen (secondary N) is 2. The Bertz CT molecular complexity index is 708. The van der Waals surface area contributed by atoms with E-state index in [9.17, 15) is 4.79 Å². The van der Waals surface area contributed by atoms with Crippen LogP contribution in [0.15, 0.2) is 30.5 Å². The van der Waals surface area contributed by atoms with E-state index in [1.54, 1.807) is 17.5 Å². The molecule has 2 heterocycles. The van der Waals surface area contributed by atoms with E-state index >= 15 is 0 Å². The van der Waals surface area contributed by atoms with Crippen LogP contribution >= 0.6 is 11.3 Å². The Hall–Kier alpha value is -2.32. The van der Waals surface area contributed by atoms with Gasteiger partial charge in [-0.15, -0.1) is 11.3 Å². The Morgan fingerprint density at radius 1 is 1.36 bits per heavy atom. The summed E-state index contributed by atoms with van der Waals surface area (Å²) in [5.41, 5.74) is 1.78. The average molecular weight is 317 g/mol. The van der Waals surface area contributed by atoms with Gasteiger partial charge in [-0.1, -0.05) is 12.1 Å². The van der Waals surface area contributed by atoms with Gasteiger partial charge in [-0.25, -0.2) is 4.98 Å². The van der Waals surface area contributed by atoms with Crippen LogP contribution in [0.25, 0.3) is 10.2 Å². The van der Waals surface area contributed by atoms with Crippen LogP contribution in [0, 0.1) is 0 Å². The van der Waals surface area contributed by atoms with Crippen molar-refractivity contribution in [2.75, 3.05) is 13.2 Å². The number of H-pyrrole nitrogens is 1. The van der Waals surface area contributed by atoms with Crippen molar-refractivity contribution in [3.63, 3.8) is 0 Å². The highest BCUT2D eigenvalue weighted by atomic mass is 32.1. The summed E-state index contributed by atoms with van der Waals surface area (Å²) in [5, 5.41) is 13.8. The molecule has 0 radical (unpaired) electrons. The van der Waals surface area contributed by atoms with Crippen molar-refractivity contribution in [1.29, 1.82) is 0 Å². The third kappa shape index (κ3) is 3.86. The van der Waals surface area contributed by atoms with E-state index in [4.69, 9.17) is 4.74 Å². The fourth-order valence-corrected chi connectivity index (χ4v) is 2.84. The molecule has 7 nitrogen and oxygen atoms in total. The van der Waals surface area contributed by atoms with Gasteiger partial charge < -0.3 is 10.1 Å². The lowest BCUT2D eigenvalue weighted by Gasteiger charge is -2.04. The summed E-state index contributed by atoms with van der Waals surface area (Å²) >= 11 is 1.58. The minimum Gasteiger partial charge on any atom is -0.364 e. The molecule has 0 atom stereocenters. The lowest BCUT2D eigenvalue weighted by atomic mass is 10.3. The summed E-state index contributed by atoms with van der Waals surface area (Å²) in [6.45, 7) is 0.876. The highest BCUT2D eigenvalue weighted by Gasteiger charge is 2.06. The molecule has 22 heavy (non-hydrogen) atoms. The summed E-state index contributed by atoms with van der Waals surface area (Å²) in [7, 11) is 0. The molecular weight excluding hydrogens is 302 g/mol. The molecule has 2 aromatic heterocycles. The maximum absolute atomic E-state index is 11.6. The van der Waals surface area contributed by atoms with Gasteiger partial charge in [0.05, 0.1) is 28.7 Å². The largest absolute Gasteiger partial charge is 0.364 e. The molecule has 0 bridgehead atoms. The number of aromatic nitrogens is 4. The quantitative estimate of drug-likeness (QED) is 0.685. The highest BCUT2D eigenvalue weighted by molar-refractivity contribution is 7.18. The predicted molar refractivity (Wildman–Crippen MR) is 82.4 cm³/mol. The molecule has 114 valence electrons. The zero-order valence-electron chi connectivity index (χ0n) is 11.8. The van der Waals surface area contributed by atoms with Crippen LogP contribution in [0.5, 0.6) is 0 Å². The number of hydrogen-bond acceptors (Lipinski definition) is 6. The van der Waals surface area contributed by atoms with Crippen LogP contribution in [0.2, 0.25) is 0 Å². The number of para-hydroxylation sites is 1. The van der Waals surface area contributed by atoms with Crippen LogP contribution in [-0.4, -0.2) is 39.5 Å². The van der Waals surface area contributed by atoms with Gasteiger partial charge in [0.1, 0.15) is 11.6 Å². The van der Waals surface area contributed by atoms with Crippen molar-refractivity contribution in [1.82, 2.24) is 25.7 Å². The molecule has 1 aromatic carbocycles. The van der Waals surface area contributed by atoms with E-state index in [1.807, 2.05) is 24.3 Å². The fraction of sp³-hybridized carbons (Fsp3) is 0.286. The first kappa shape index (κ1) is 14.6. The van der Waals surface area contributed by atoms with Gasteiger partial charge in [0.2, 0.25) is 5.91 Å². The van der Waals surface area contributed by atoms with Crippen molar-refractivity contribution in [2.24, 2.45) is 0 Å².